The van der Waals surface area contributed by atoms with Crippen molar-refractivity contribution in [3.8, 4) is 0 Å². The Bertz CT molecular complexity index is 238. The minimum Gasteiger partial charge on any atom is -0.382 e. The number of anilines is 1. The van der Waals surface area contributed by atoms with Gasteiger partial charge in [-0.05, 0) is 18.5 Å². The van der Waals surface area contributed by atoms with Gasteiger partial charge >= 0.3 is 0 Å². The van der Waals surface area contributed by atoms with Gasteiger partial charge in [-0.3, -0.25) is 0 Å². The lowest BCUT2D eigenvalue weighted by Gasteiger charge is -1.98. The number of nitrogens with two attached hydrogens (primary N) is 1. The average molecular weight is 177 g/mol. The van der Waals surface area contributed by atoms with Crippen LogP contribution in [-0.2, 0) is 0 Å². The van der Waals surface area contributed by atoms with E-state index < -0.39 is 0 Å². The largest absolute Gasteiger partial charge is 0.382 e. The van der Waals surface area contributed by atoms with Crippen LogP contribution in [0.25, 0.3) is 0 Å². The predicted octanol–water partition coefficient (Wildman–Crippen LogP) is 1.55. The highest BCUT2D eigenvalue weighted by molar-refractivity contribution is 6.34. The Balaban J connectivity index is 3.31. The predicted molar refractivity (Wildman–Crippen MR) is 40.9 cm³/mol. The van der Waals surface area contributed by atoms with E-state index in [1.165, 1.54) is 0 Å². The van der Waals surface area contributed by atoms with Crippen molar-refractivity contribution in [2.45, 2.75) is 0 Å². The molecule has 53 valence electrons. The van der Waals surface area contributed by atoms with Gasteiger partial charge in [0.1, 0.15) is 10.8 Å². The van der Waals surface area contributed by atoms with E-state index in [-0.39, 0.29) is 16.1 Å². The lowest BCUT2D eigenvalue weighted by molar-refractivity contribution is 1.15. The Labute approximate surface area is 68.2 Å². The number of hydrogen-bond donors (Lipinski definition) is 1. The summed E-state index contributed by atoms with van der Waals surface area (Å²) in [7, 11) is 0. The summed E-state index contributed by atoms with van der Waals surface area (Å²) in [5, 5.41) is 0.316. The summed E-state index contributed by atoms with van der Waals surface area (Å²) < 4.78 is 0. The summed E-state index contributed by atoms with van der Waals surface area (Å²) in [6, 6.07) is 0. The average Bonchev–Trinajstić information content (AvgIpc) is 1.82. The molecule has 0 aliphatic rings. The molecule has 0 amide bonds. The lowest BCUT2D eigenvalue weighted by atomic mass is 10.4. The van der Waals surface area contributed by atoms with Gasteiger partial charge in [-0.15, -0.1) is 0 Å². The summed E-state index contributed by atoms with van der Waals surface area (Å²) in [6.07, 6.45) is 0. The first-order chi connectivity index (χ1) is 4.61. The van der Waals surface area contributed by atoms with Crippen molar-refractivity contribution in [3.05, 3.63) is 22.9 Å². The first kappa shape index (κ1) is 7.57. The standard InChI is InChI=1S/C5H4Cl2N3/c1-2-3(6)4(8)10-5(7)9-2/h1H2,(H2,8,9,10). The minimum atomic E-state index is 0.0619. The molecule has 1 radical (unpaired) electrons. The molecule has 10 heavy (non-hydrogen) atoms. The Morgan fingerprint density at radius 1 is 1.30 bits per heavy atom. The number of hydrogen-bond acceptors (Lipinski definition) is 3. The highest BCUT2D eigenvalue weighted by atomic mass is 35.5. The van der Waals surface area contributed by atoms with E-state index in [4.69, 9.17) is 28.9 Å². The smallest absolute Gasteiger partial charge is 0.224 e. The number of nitrogen functional groups attached to an aromatic ring is 1. The van der Waals surface area contributed by atoms with Crippen LogP contribution in [0.2, 0.25) is 10.3 Å². The van der Waals surface area contributed by atoms with Gasteiger partial charge in [0.05, 0.1) is 5.69 Å². The van der Waals surface area contributed by atoms with Gasteiger partial charge in [0.25, 0.3) is 0 Å². The molecule has 0 fully saturated rings. The molecule has 0 aromatic carbocycles. The molecule has 2 N–H and O–H groups in total. The molecule has 0 aliphatic heterocycles. The minimum absolute atomic E-state index is 0.0619. The van der Waals surface area contributed by atoms with E-state index >= 15 is 0 Å². The van der Waals surface area contributed by atoms with Crippen molar-refractivity contribution in [1.29, 1.82) is 0 Å². The van der Waals surface area contributed by atoms with E-state index in [2.05, 4.69) is 16.9 Å². The van der Waals surface area contributed by atoms with E-state index in [9.17, 15) is 0 Å². The van der Waals surface area contributed by atoms with Crippen molar-refractivity contribution in [3.63, 3.8) is 0 Å². The maximum Gasteiger partial charge on any atom is 0.224 e. The fourth-order valence-electron chi connectivity index (χ4n) is 0.482. The van der Waals surface area contributed by atoms with E-state index in [1.54, 1.807) is 0 Å². The van der Waals surface area contributed by atoms with Gasteiger partial charge in [-0.2, -0.15) is 4.98 Å². The van der Waals surface area contributed by atoms with Crippen molar-refractivity contribution in [2.75, 3.05) is 5.73 Å². The van der Waals surface area contributed by atoms with Crippen LogP contribution >= 0.6 is 23.2 Å². The quantitative estimate of drug-likeness (QED) is 0.611. The monoisotopic (exact) mass is 176 g/mol. The molecule has 0 bridgehead atoms. The Morgan fingerprint density at radius 3 is 2.40 bits per heavy atom. The Morgan fingerprint density at radius 2 is 1.90 bits per heavy atom. The first-order valence-electron chi connectivity index (χ1n) is 2.41. The molecule has 0 saturated carbocycles. The van der Waals surface area contributed by atoms with Gasteiger partial charge < -0.3 is 5.73 Å². The number of nitrogens with zero attached hydrogens (tertiary/aromatic N) is 2. The third-order valence-corrected chi connectivity index (χ3v) is 1.50. The van der Waals surface area contributed by atoms with Gasteiger partial charge in [0, 0.05) is 0 Å². The van der Waals surface area contributed by atoms with Crippen LogP contribution in [0.4, 0.5) is 5.82 Å². The summed E-state index contributed by atoms with van der Waals surface area (Å²) in [4.78, 5) is 7.26. The number of halogens is 2. The molecule has 0 aliphatic carbocycles. The fourth-order valence-corrected chi connectivity index (χ4v) is 0.759. The fraction of sp³-hybridized carbons (Fsp3) is 0. The van der Waals surface area contributed by atoms with E-state index in [1.807, 2.05) is 0 Å². The normalized spacial score (nSPS) is 9.90. The van der Waals surface area contributed by atoms with Gasteiger partial charge in [-0.25, -0.2) is 4.98 Å². The summed E-state index contributed by atoms with van der Waals surface area (Å²) >= 11 is 11.0. The Kier molecular flexibility index (Phi) is 1.97. The first-order valence-corrected chi connectivity index (χ1v) is 3.17. The van der Waals surface area contributed by atoms with Crippen molar-refractivity contribution >= 4 is 29.0 Å². The maximum atomic E-state index is 5.58. The molecular formula is C5H4Cl2N3. The van der Waals surface area contributed by atoms with Gasteiger partial charge in [0.15, 0.2) is 0 Å². The second-order valence-electron chi connectivity index (χ2n) is 1.64. The van der Waals surface area contributed by atoms with Gasteiger partial charge in [-0.1, -0.05) is 11.6 Å². The van der Waals surface area contributed by atoms with Crippen LogP contribution in [0.1, 0.15) is 5.69 Å². The van der Waals surface area contributed by atoms with Crippen molar-refractivity contribution in [1.82, 2.24) is 9.97 Å². The third-order valence-electron chi connectivity index (χ3n) is 0.918. The van der Waals surface area contributed by atoms with Crippen LogP contribution in [0.5, 0.6) is 0 Å². The zero-order valence-electron chi connectivity index (χ0n) is 4.93. The Hall–Kier alpha value is -0.540. The zero-order chi connectivity index (χ0) is 7.72. The molecule has 1 rings (SSSR count). The SMILES string of the molecule is [CH2]c1nc(Cl)nc(N)c1Cl. The highest BCUT2D eigenvalue weighted by Crippen LogP contribution is 2.20. The summed E-state index contributed by atoms with van der Waals surface area (Å²) in [5.41, 5.74) is 5.66. The van der Waals surface area contributed by atoms with Crippen LogP contribution in [-0.4, -0.2) is 9.97 Å². The van der Waals surface area contributed by atoms with E-state index in [0.717, 1.165) is 0 Å². The molecule has 0 saturated heterocycles. The number of rotatable bonds is 0. The molecule has 3 nitrogen and oxygen atoms in total. The maximum absolute atomic E-state index is 5.58. The van der Waals surface area contributed by atoms with Crippen LogP contribution in [0, 0.1) is 6.92 Å². The lowest BCUT2D eigenvalue weighted by Crippen LogP contribution is -1.96. The van der Waals surface area contributed by atoms with Gasteiger partial charge in [0.2, 0.25) is 5.28 Å². The molecule has 1 heterocycles. The highest BCUT2D eigenvalue weighted by Gasteiger charge is 2.03. The zero-order valence-corrected chi connectivity index (χ0v) is 6.45. The van der Waals surface area contributed by atoms with Crippen molar-refractivity contribution < 1.29 is 0 Å². The molecule has 5 heteroatoms. The molecule has 1 aromatic rings. The summed E-state index contributed by atoms with van der Waals surface area (Å²) in [6.45, 7) is 3.49. The topological polar surface area (TPSA) is 51.8 Å². The second-order valence-corrected chi connectivity index (χ2v) is 2.35. The van der Waals surface area contributed by atoms with Crippen LogP contribution < -0.4 is 5.73 Å². The number of aromatic nitrogens is 2. The molecule has 0 unspecified atom stereocenters. The molecule has 1 aromatic heterocycles. The van der Waals surface area contributed by atoms with Crippen LogP contribution in [0.15, 0.2) is 0 Å². The molecular weight excluding hydrogens is 173 g/mol. The molecule has 0 atom stereocenters. The van der Waals surface area contributed by atoms with Crippen LogP contribution in [0.3, 0.4) is 0 Å². The van der Waals surface area contributed by atoms with Crippen molar-refractivity contribution in [2.24, 2.45) is 0 Å². The second kappa shape index (κ2) is 2.60. The summed E-state index contributed by atoms with van der Waals surface area (Å²) in [5.74, 6) is 0.159. The van der Waals surface area contributed by atoms with E-state index in [0.29, 0.717) is 5.69 Å². The molecule has 0 spiro atoms. The third kappa shape index (κ3) is 1.30.